The molecule has 6 nitrogen and oxygen atoms in total. The number of nitro benzene ring substituents is 1. The second-order valence-electron chi connectivity index (χ2n) is 6.73. The van der Waals surface area contributed by atoms with Gasteiger partial charge < -0.3 is 4.90 Å². The summed E-state index contributed by atoms with van der Waals surface area (Å²) in [4.78, 5) is 27.6. The van der Waals surface area contributed by atoms with Crippen LogP contribution in [0.5, 0.6) is 0 Å². The zero-order valence-electron chi connectivity index (χ0n) is 15.4. The normalized spacial score (nSPS) is 16.2. The van der Waals surface area contributed by atoms with Crippen molar-refractivity contribution in [3.63, 3.8) is 0 Å². The molecule has 0 radical (unpaired) electrons. The molecule has 1 aliphatic heterocycles. The van der Waals surface area contributed by atoms with E-state index in [1.54, 1.807) is 24.0 Å². The van der Waals surface area contributed by atoms with Crippen molar-refractivity contribution >= 4 is 23.2 Å². The maximum absolute atomic E-state index is 12.9. The molecule has 2 aromatic rings. The van der Waals surface area contributed by atoms with Crippen LogP contribution in [-0.4, -0.2) is 46.8 Å². The lowest BCUT2D eigenvalue weighted by Gasteiger charge is -2.38. The SMILES string of the molecule is Cc1c(C(=O)N2CCN(C(C)c3ccccc3Cl)CC2)cccc1[N+](=O)[O-]. The van der Waals surface area contributed by atoms with Gasteiger partial charge in [-0.1, -0.05) is 35.9 Å². The number of nitrogens with zero attached hydrogens (tertiary/aromatic N) is 3. The molecule has 1 atom stereocenters. The van der Waals surface area contributed by atoms with Crippen LogP contribution < -0.4 is 0 Å². The van der Waals surface area contributed by atoms with Gasteiger partial charge in [-0.25, -0.2) is 0 Å². The predicted molar refractivity (Wildman–Crippen MR) is 105 cm³/mol. The zero-order valence-corrected chi connectivity index (χ0v) is 16.1. The first-order valence-electron chi connectivity index (χ1n) is 8.92. The van der Waals surface area contributed by atoms with E-state index in [-0.39, 0.29) is 17.6 Å². The second kappa shape index (κ2) is 8.06. The first-order valence-corrected chi connectivity index (χ1v) is 9.29. The Morgan fingerprint density at radius 2 is 1.78 bits per heavy atom. The molecular weight excluding hydrogens is 366 g/mol. The van der Waals surface area contributed by atoms with Crippen LogP contribution in [0.3, 0.4) is 0 Å². The molecule has 0 spiro atoms. The molecule has 27 heavy (non-hydrogen) atoms. The van der Waals surface area contributed by atoms with Crippen LogP contribution in [0.15, 0.2) is 42.5 Å². The van der Waals surface area contributed by atoms with E-state index in [0.717, 1.165) is 23.7 Å². The van der Waals surface area contributed by atoms with Crippen molar-refractivity contribution in [2.75, 3.05) is 26.2 Å². The van der Waals surface area contributed by atoms with E-state index in [0.29, 0.717) is 24.2 Å². The van der Waals surface area contributed by atoms with E-state index in [2.05, 4.69) is 11.8 Å². The fourth-order valence-corrected chi connectivity index (χ4v) is 3.84. The number of carbonyl (C=O) groups excluding carboxylic acids is 1. The Morgan fingerprint density at radius 3 is 2.41 bits per heavy atom. The van der Waals surface area contributed by atoms with E-state index in [1.165, 1.54) is 6.07 Å². The summed E-state index contributed by atoms with van der Waals surface area (Å²) >= 11 is 6.31. The summed E-state index contributed by atoms with van der Waals surface area (Å²) in [5.74, 6) is -0.152. The van der Waals surface area contributed by atoms with Gasteiger partial charge in [0.1, 0.15) is 0 Å². The van der Waals surface area contributed by atoms with Crippen LogP contribution in [-0.2, 0) is 0 Å². The lowest BCUT2D eigenvalue weighted by atomic mass is 10.0. The number of benzene rings is 2. The highest BCUT2D eigenvalue weighted by Crippen LogP contribution is 2.28. The van der Waals surface area contributed by atoms with Crippen molar-refractivity contribution in [1.82, 2.24) is 9.80 Å². The van der Waals surface area contributed by atoms with Crippen molar-refractivity contribution in [2.24, 2.45) is 0 Å². The molecule has 0 aliphatic carbocycles. The average molecular weight is 388 g/mol. The minimum atomic E-state index is -0.449. The number of rotatable bonds is 4. The van der Waals surface area contributed by atoms with E-state index in [4.69, 9.17) is 11.6 Å². The van der Waals surface area contributed by atoms with Gasteiger partial charge in [-0.05, 0) is 31.5 Å². The van der Waals surface area contributed by atoms with Gasteiger partial charge in [-0.2, -0.15) is 0 Å². The minimum Gasteiger partial charge on any atom is -0.336 e. The van der Waals surface area contributed by atoms with Crippen molar-refractivity contribution in [1.29, 1.82) is 0 Å². The Morgan fingerprint density at radius 1 is 1.11 bits per heavy atom. The van der Waals surface area contributed by atoms with Crippen molar-refractivity contribution in [3.8, 4) is 0 Å². The van der Waals surface area contributed by atoms with Gasteiger partial charge in [0.2, 0.25) is 0 Å². The number of hydrogen-bond donors (Lipinski definition) is 0. The highest BCUT2D eigenvalue weighted by atomic mass is 35.5. The Balaban J connectivity index is 1.69. The molecule has 3 rings (SSSR count). The molecular formula is C20H22ClN3O3. The monoisotopic (exact) mass is 387 g/mol. The van der Waals surface area contributed by atoms with E-state index in [1.807, 2.05) is 24.3 Å². The smallest absolute Gasteiger partial charge is 0.273 e. The first-order chi connectivity index (χ1) is 12.9. The summed E-state index contributed by atoms with van der Waals surface area (Å²) in [6, 6.07) is 12.6. The Labute approximate surface area is 163 Å². The Bertz CT molecular complexity index is 863. The summed E-state index contributed by atoms with van der Waals surface area (Å²) in [6.07, 6.45) is 0. The molecule has 0 bridgehead atoms. The third-order valence-electron chi connectivity index (χ3n) is 5.24. The van der Waals surface area contributed by atoms with Crippen molar-refractivity contribution < 1.29 is 9.72 Å². The van der Waals surface area contributed by atoms with Crippen LogP contribution in [0.4, 0.5) is 5.69 Å². The van der Waals surface area contributed by atoms with Gasteiger partial charge in [0, 0.05) is 54.4 Å². The van der Waals surface area contributed by atoms with E-state index >= 15 is 0 Å². The summed E-state index contributed by atoms with van der Waals surface area (Å²) in [5.41, 5.74) is 1.87. The third kappa shape index (κ3) is 3.96. The van der Waals surface area contributed by atoms with Gasteiger partial charge in [-0.15, -0.1) is 0 Å². The number of nitro groups is 1. The fraction of sp³-hybridized carbons (Fsp3) is 0.350. The first kappa shape index (κ1) is 19.3. The largest absolute Gasteiger partial charge is 0.336 e. The third-order valence-corrected chi connectivity index (χ3v) is 5.58. The summed E-state index contributed by atoms with van der Waals surface area (Å²) < 4.78 is 0. The molecule has 7 heteroatoms. The topological polar surface area (TPSA) is 66.7 Å². The number of hydrogen-bond acceptors (Lipinski definition) is 4. The number of amides is 1. The molecule has 2 aromatic carbocycles. The van der Waals surface area contributed by atoms with Gasteiger partial charge in [-0.3, -0.25) is 19.8 Å². The highest BCUT2D eigenvalue weighted by Gasteiger charge is 2.28. The maximum Gasteiger partial charge on any atom is 0.273 e. The molecule has 1 saturated heterocycles. The molecule has 1 fully saturated rings. The number of carbonyl (C=O) groups is 1. The lowest BCUT2D eigenvalue weighted by Crippen LogP contribution is -2.49. The van der Waals surface area contributed by atoms with Crippen molar-refractivity contribution in [3.05, 3.63) is 74.3 Å². The molecule has 1 heterocycles. The summed E-state index contributed by atoms with van der Waals surface area (Å²) in [6.45, 7) is 6.36. The maximum atomic E-state index is 12.9. The molecule has 0 saturated carbocycles. The molecule has 1 amide bonds. The van der Waals surface area contributed by atoms with Crippen LogP contribution in [0.1, 0.15) is 34.5 Å². The van der Waals surface area contributed by atoms with Gasteiger partial charge in [0.25, 0.3) is 11.6 Å². The average Bonchev–Trinajstić information content (AvgIpc) is 2.67. The standard InChI is InChI=1S/C20H22ClN3O3/c1-14-16(7-5-9-19(14)24(26)27)20(25)23-12-10-22(11-13-23)15(2)17-6-3-4-8-18(17)21/h3-9,15H,10-13H2,1-2H3. The van der Waals surface area contributed by atoms with Crippen LogP contribution in [0.2, 0.25) is 5.02 Å². The molecule has 1 aliphatic rings. The molecule has 0 N–H and O–H groups in total. The fourth-order valence-electron chi connectivity index (χ4n) is 3.55. The molecule has 0 aromatic heterocycles. The Kier molecular flexibility index (Phi) is 5.77. The number of halogens is 1. The quantitative estimate of drug-likeness (QED) is 0.585. The van der Waals surface area contributed by atoms with Gasteiger partial charge in [0.05, 0.1) is 4.92 Å². The van der Waals surface area contributed by atoms with Crippen LogP contribution in [0, 0.1) is 17.0 Å². The summed E-state index contributed by atoms with van der Waals surface area (Å²) in [7, 11) is 0. The van der Waals surface area contributed by atoms with Crippen LogP contribution in [0.25, 0.3) is 0 Å². The van der Waals surface area contributed by atoms with Gasteiger partial charge in [0.15, 0.2) is 0 Å². The molecule has 142 valence electrons. The minimum absolute atomic E-state index is 0.0215. The van der Waals surface area contributed by atoms with E-state index < -0.39 is 4.92 Å². The zero-order chi connectivity index (χ0) is 19.6. The second-order valence-corrected chi connectivity index (χ2v) is 7.14. The van der Waals surface area contributed by atoms with E-state index in [9.17, 15) is 14.9 Å². The Hall–Kier alpha value is -2.44. The number of piperazine rings is 1. The lowest BCUT2D eigenvalue weighted by molar-refractivity contribution is -0.385. The molecule has 1 unspecified atom stereocenters. The summed E-state index contributed by atoms with van der Waals surface area (Å²) in [5, 5.41) is 11.9. The van der Waals surface area contributed by atoms with Crippen LogP contribution >= 0.6 is 11.6 Å². The van der Waals surface area contributed by atoms with Crippen molar-refractivity contribution in [2.45, 2.75) is 19.9 Å². The van der Waals surface area contributed by atoms with Gasteiger partial charge >= 0.3 is 0 Å². The predicted octanol–water partition coefficient (Wildman–Crippen LogP) is 4.08. The highest BCUT2D eigenvalue weighted by molar-refractivity contribution is 6.31.